The molecule has 3 rings (SSSR count). The van der Waals surface area contributed by atoms with E-state index in [2.05, 4.69) is 0 Å². The second kappa shape index (κ2) is 6.39. The number of fused-ring (bicyclic) bond motifs is 1. The molecule has 1 aliphatic rings. The predicted molar refractivity (Wildman–Crippen MR) is 79.5 cm³/mol. The molecule has 2 aromatic carbocycles. The van der Waals surface area contributed by atoms with Gasteiger partial charge < -0.3 is 19.3 Å². The fraction of sp³-hybridized carbons (Fsp3) is 0.235. The molecule has 0 atom stereocenters. The first kappa shape index (κ1) is 14.3. The van der Waals surface area contributed by atoms with E-state index in [4.69, 9.17) is 19.3 Å². The molecule has 0 spiro atoms. The minimum absolute atomic E-state index is 0.106. The third-order valence-corrected chi connectivity index (χ3v) is 3.31. The summed E-state index contributed by atoms with van der Waals surface area (Å²) < 4.78 is 17.0. The van der Waals surface area contributed by atoms with E-state index < -0.39 is 5.97 Å². The average Bonchev–Trinajstić information content (AvgIpc) is 2.55. The molecule has 1 heterocycles. The van der Waals surface area contributed by atoms with Gasteiger partial charge in [0.25, 0.3) is 0 Å². The second-order valence-electron chi connectivity index (χ2n) is 4.92. The van der Waals surface area contributed by atoms with Gasteiger partial charge in [0.05, 0.1) is 6.42 Å². The number of benzene rings is 2. The number of aliphatic carboxylic acids is 1. The first-order chi connectivity index (χ1) is 10.7. The van der Waals surface area contributed by atoms with Crippen molar-refractivity contribution in [1.29, 1.82) is 0 Å². The standard InChI is InChI=1S/C17H16O5/c18-15(19)10-13-6-7-14(17-16(13)20-8-9-21-17)22-11-12-4-2-1-3-5-12/h1-7H,8-11H2,(H,18,19). The van der Waals surface area contributed by atoms with Crippen LogP contribution in [-0.4, -0.2) is 24.3 Å². The first-order valence-electron chi connectivity index (χ1n) is 7.04. The van der Waals surface area contributed by atoms with Crippen molar-refractivity contribution < 1.29 is 24.1 Å². The van der Waals surface area contributed by atoms with Gasteiger partial charge in [0.15, 0.2) is 11.5 Å². The van der Waals surface area contributed by atoms with E-state index in [0.717, 1.165) is 5.56 Å². The van der Waals surface area contributed by atoms with Crippen molar-refractivity contribution >= 4 is 5.97 Å². The summed E-state index contributed by atoms with van der Waals surface area (Å²) in [5.41, 5.74) is 1.64. The molecular formula is C17H16O5. The smallest absolute Gasteiger partial charge is 0.307 e. The van der Waals surface area contributed by atoms with Crippen LogP contribution in [0.2, 0.25) is 0 Å². The van der Waals surface area contributed by atoms with E-state index in [1.54, 1.807) is 12.1 Å². The summed E-state index contributed by atoms with van der Waals surface area (Å²) in [5, 5.41) is 8.96. The van der Waals surface area contributed by atoms with Crippen LogP contribution in [0.4, 0.5) is 0 Å². The summed E-state index contributed by atoms with van der Waals surface area (Å²) in [6, 6.07) is 13.2. The van der Waals surface area contributed by atoms with Crippen molar-refractivity contribution in [3.63, 3.8) is 0 Å². The zero-order chi connectivity index (χ0) is 15.4. The number of carboxylic acid groups (broad SMARTS) is 1. The molecule has 0 amide bonds. The maximum absolute atomic E-state index is 10.9. The number of rotatable bonds is 5. The van der Waals surface area contributed by atoms with Gasteiger partial charge in [-0.25, -0.2) is 0 Å². The summed E-state index contributed by atoms with van der Waals surface area (Å²) in [5.74, 6) is 0.613. The van der Waals surface area contributed by atoms with E-state index in [1.165, 1.54) is 0 Å². The highest BCUT2D eigenvalue weighted by atomic mass is 16.6. The molecule has 0 fully saturated rings. The third-order valence-electron chi connectivity index (χ3n) is 3.31. The highest BCUT2D eigenvalue weighted by Gasteiger charge is 2.22. The van der Waals surface area contributed by atoms with Gasteiger partial charge in [0.1, 0.15) is 19.8 Å². The van der Waals surface area contributed by atoms with Crippen molar-refractivity contribution in [3.05, 3.63) is 53.6 Å². The van der Waals surface area contributed by atoms with Gasteiger partial charge in [0, 0.05) is 5.56 Å². The van der Waals surface area contributed by atoms with Crippen LogP contribution in [0.1, 0.15) is 11.1 Å². The van der Waals surface area contributed by atoms with Crippen molar-refractivity contribution in [2.45, 2.75) is 13.0 Å². The van der Waals surface area contributed by atoms with Gasteiger partial charge in [-0.3, -0.25) is 4.79 Å². The SMILES string of the molecule is O=C(O)Cc1ccc(OCc2ccccc2)c2c1OCCO2. The van der Waals surface area contributed by atoms with Gasteiger partial charge >= 0.3 is 5.97 Å². The van der Waals surface area contributed by atoms with E-state index in [-0.39, 0.29) is 6.42 Å². The summed E-state index contributed by atoms with van der Waals surface area (Å²) in [7, 11) is 0. The minimum Gasteiger partial charge on any atom is -0.486 e. The molecule has 2 aromatic rings. The van der Waals surface area contributed by atoms with Crippen LogP contribution in [0.25, 0.3) is 0 Å². The maximum Gasteiger partial charge on any atom is 0.307 e. The van der Waals surface area contributed by atoms with Crippen molar-refractivity contribution in [3.8, 4) is 17.2 Å². The zero-order valence-corrected chi connectivity index (χ0v) is 12.0. The van der Waals surface area contributed by atoms with Gasteiger partial charge in [-0.1, -0.05) is 36.4 Å². The van der Waals surface area contributed by atoms with Gasteiger partial charge in [-0.2, -0.15) is 0 Å². The molecule has 1 N–H and O–H groups in total. The Bertz CT molecular complexity index is 666. The van der Waals surface area contributed by atoms with E-state index >= 15 is 0 Å². The van der Waals surface area contributed by atoms with E-state index in [9.17, 15) is 4.79 Å². The second-order valence-corrected chi connectivity index (χ2v) is 4.92. The number of hydrogen-bond donors (Lipinski definition) is 1. The monoisotopic (exact) mass is 300 g/mol. The highest BCUT2D eigenvalue weighted by molar-refractivity contribution is 5.73. The van der Waals surface area contributed by atoms with Crippen LogP contribution in [-0.2, 0) is 17.8 Å². The van der Waals surface area contributed by atoms with Crippen LogP contribution < -0.4 is 14.2 Å². The Morgan fingerprint density at radius 3 is 2.50 bits per heavy atom. The van der Waals surface area contributed by atoms with Crippen LogP contribution >= 0.6 is 0 Å². The fourth-order valence-corrected chi connectivity index (χ4v) is 2.32. The normalized spacial score (nSPS) is 12.7. The van der Waals surface area contributed by atoms with Gasteiger partial charge in [-0.15, -0.1) is 0 Å². The molecule has 0 saturated carbocycles. The largest absolute Gasteiger partial charge is 0.486 e. The van der Waals surface area contributed by atoms with Gasteiger partial charge in [-0.05, 0) is 11.6 Å². The lowest BCUT2D eigenvalue weighted by Gasteiger charge is -2.23. The van der Waals surface area contributed by atoms with Crippen LogP contribution in [0.3, 0.4) is 0 Å². The molecule has 0 saturated heterocycles. The molecule has 0 aromatic heterocycles. The topological polar surface area (TPSA) is 65.0 Å². The first-order valence-corrected chi connectivity index (χ1v) is 7.04. The molecular weight excluding hydrogens is 284 g/mol. The molecule has 5 nitrogen and oxygen atoms in total. The lowest BCUT2D eigenvalue weighted by Crippen LogP contribution is -2.18. The summed E-state index contributed by atoms with van der Waals surface area (Å²) in [4.78, 5) is 10.9. The van der Waals surface area contributed by atoms with Crippen LogP contribution in [0.15, 0.2) is 42.5 Å². The number of hydrogen-bond acceptors (Lipinski definition) is 4. The quantitative estimate of drug-likeness (QED) is 0.919. The summed E-state index contributed by atoms with van der Waals surface area (Å²) in [6.07, 6.45) is -0.106. The van der Waals surface area contributed by atoms with Crippen LogP contribution in [0, 0.1) is 0 Å². The van der Waals surface area contributed by atoms with Crippen LogP contribution in [0.5, 0.6) is 17.2 Å². The molecule has 5 heteroatoms. The Kier molecular flexibility index (Phi) is 4.14. The molecule has 0 aliphatic carbocycles. The fourth-order valence-electron chi connectivity index (χ4n) is 2.32. The lowest BCUT2D eigenvalue weighted by atomic mass is 10.1. The van der Waals surface area contributed by atoms with E-state index in [1.807, 2.05) is 30.3 Å². The molecule has 0 unspecified atom stereocenters. The Hall–Kier alpha value is -2.69. The molecule has 114 valence electrons. The lowest BCUT2D eigenvalue weighted by molar-refractivity contribution is -0.136. The molecule has 22 heavy (non-hydrogen) atoms. The third kappa shape index (κ3) is 3.14. The zero-order valence-electron chi connectivity index (χ0n) is 12.0. The predicted octanol–water partition coefficient (Wildman–Crippen LogP) is 2.66. The van der Waals surface area contributed by atoms with Crippen molar-refractivity contribution in [2.75, 3.05) is 13.2 Å². The van der Waals surface area contributed by atoms with Gasteiger partial charge in [0.2, 0.25) is 5.75 Å². The Balaban J connectivity index is 1.84. The van der Waals surface area contributed by atoms with Crippen molar-refractivity contribution in [2.24, 2.45) is 0 Å². The maximum atomic E-state index is 10.9. The van der Waals surface area contributed by atoms with E-state index in [0.29, 0.717) is 42.6 Å². The molecule has 1 aliphatic heterocycles. The molecule has 0 bridgehead atoms. The Morgan fingerprint density at radius 2 is 1.77 bits per heavy atom. The Labute approximate surface area is 128 Å². The average molecular weight is 300 g/mol. The Morgan fingerprint density at radius 1 is 1.05 bits per heavy atom. The molecule has 0 radical (unpaired) electrons. The highest BCUT2D eigenvalue weighted by Crippen LogP contribution is 2.42. The number of carboxylic acids is 1. The number of ether oxygens (including phenoxy) is 3. The number of carbonyl (C=O) groups is 1. The minimum atomic E-state index is -0.908. The summed E-state index contributed by atoms with van der Waals surface area (Å²) in [6.45, 7) is 1.24. The summed E-state index contributed by atoms with van der Waals surface area (Å²) >= 11 is 0. The van der Waals surface area contributed by atoms with Crippen molar-refractivity contribution in [1.82, 2.24) is 0 Å².